The van der Waals surface area contributed by atoms with E-state index in [1.54, 1.807) is 30.4 Å². The summed E-state index contributed by atoms with van der Waals surface area (Å²) in [6, 6.07) is 16.9. The van der Waals surface area contributed by atoms with Crippen molar-refractivity contribution < 1.29 is 14.3 Å². The summed E-state index contributed by atoms with van der Waals surface area (Å²) >= 11 is 0. The summed E-state index contributed by atoms with van der Waals surface area (Å²) in [6.45, 7) is 7.46. The maximum atomic E-state index is 12.7. The lowest BCUT2D eigenvalue weighted by molar-refractivity contribution is 0.0238. The molecule has 3 aromatic rings. The molecule has 1 aromatic carbocycles. The molecular formula is C27H32N4O4. The highest BCUT2D eigenvalue weighted by molar-refractivity contribution is 5.68. The van der Waals surface area contributed by atoms with Gasteiger partial charge in [-0.2, -0.15) is 0 Å². The number of amides is 1. The van der Waals surface area contributed by atoms with Gasteiger partial charge in [-0.15, -0.1) is 0 Å². The fourth-order valence-corrected chi connectivity index (χ4v) is 3.96. The number of rotatable bonds is 6. The number of aromatic nitrogens is 2. The molecule has 35 heavy (non-hydrogen) atoms. The molecule has 8 nitrogen and oxygen atoms in total. The van der Waals surface area contributed by atoms with E-state index in [-0.39, 0.29) is 17.7 Å². The fourth-order valence-electron chi connectivity index (χ4n) is 3.96. The van der Waals surface area contributed by atoms with Crippen LogP contribution in [-0.2, 0) is 11.3 Å². The maximum absolute atomic E-state index is 12.7. The Kier molecular flexibility index (Phi) is 7.10. The molecule has 4 rings (SSSR count). The van der Waals surface area contributed by atoms with Crippen molar-refractivity contribution in [3.63, 3.8) is 0 Å². The molecule has 1 aliphatic rings. The molecule has 3 heterocycles. The highest BCUT2D eigenvalue weighted by Gasteiger charge is 2.31. The van der Waals surface area contributed by atoms with Gasteiger partial charge in [0.2, 0.25) is 0 Å². The largest absolute Gasteiger partial charge is 0.489 e. The predicted molar refractivity (Wildman–Crippen MR) is 135 cm³/mol. The van der Waals surface area contributed by atoms with Gasteiger partial charge in [-0.1, -0.05) is 30.3 Å². The molecule has 1 aliphatic heterocycles. The monoisotopic (exact) mass is 476 g/mol. The van der Waals surface area contributed by atoms with Gasteiger partial charge in [0.05, 0.1) is 17.9 Å². The molecule has 8 heteroatoms. The average Bonchev–Trinajstić information content (AvgIpc) is 3.32. The van der Waals surface area contributed by atoms with Gasteiger partial charge >= 0.3 is 6.09 Å². The second-order valence-corrected chi connectivity index (χ2v) is 9.70. The summed E-state index contributed by atoms with van der Waals surface area (Å²) in [5.74, 6) is 1.33. The van der Waals surface area contributed by atoms with Gasteiger partial charge in [0.1, 0.15) is 23.8 Å². The molecule has 0 aliphatic carbocycles. The summed E-state index contributed by atoms with van der Waals surface area (Å²) in [6.07, 6.45) is 3.90. The van der Waals surface area contributed by atoms with Crippen LogP contribution in [0.3, 0.4) is 0 Å². The molecule has 1 amide bonds. The van der Waals surface area contributed by atoms with Gasteiger partial charge in [0.25, 0.3) is 5.56 Å². The molecule has 1 saturated heterocycles. The SMILES string of the molecule is CN(C(=O)OC(C)(C)C)[C@H]1CCN(c2ccc(-n3ccc(OCc4ccccc4)cc3=O)cn2)C1. The third kappa shape index (κ3) is 6.20. The lowest BCUT2D eigenvalue weighted by Gasteiger charge is -2.28. The molecule has 0 saturated carbocycles. The minimum absolute atomic E-state index is 0.0531. The number of nitrogens with zero attached hydrogens (tertiary/aromatic N) is 4. The first-order valence-corrected chi connectivity index (χ1v) is 11.8. The zero-order chi connectivity index (χ0) is 25.0. The van der Waals surface area contributed by atoms with Crippen LogP contribution in [-0.4, -0.2) is 52.3 Å². The number of hydrogen-bond acceptors (Lipinski definition) is 6. The van der Waals surface area contributed by atoms with Crippen molar-refractivity contribution in [2.75, 3.05) is 25.0 Å². The van der Waals surface area contributed by atoms with Crippen LogP contribution < -0.4 is 15.2 Å². The van der Waals surface area contributed by atoms with Crippen LogP contribution in [0.25, 0.3) is 5.69 Å². The molecule has 2 aromatic heterocycles. The quantitative estimate of drug-likeness (QED) is 0.529. The summed E-state index contributed by atoms with van der Waals surface area (Å²) < 4.78 is 12.8. The van der Waals surface area contributed by atoms with Crippen LogP contribution >= 0.6 is 0 Å². The van der Waals surface area contributed by atoms with Crippen molar-refractivity contribution in [2.24, 2.45) is 0 Å². The third-order valence-corrected chi connectivity index (χ3v) is 5.87. The molecule has 184 valence electrons. The van der Waals surface area contributed by atoms with Crippen LogP contribution in [0.4, 0.5) is 10.6 Å². The van der Waals surface area contributed by atoms with Crippen molar-refractivity contribution in [1.82, 2.24) is 14.5 Å². The number of likely N-dealkylation sites (N-methyl/N-ethyl adjacent to an activating group) is 1. The first kappa shape index (κ1) is 24.3. The number of pyridine rings is 2. The van der Waals surface area contributed by atoms with Crippen LogP contribution in [0.5, 0.6) is 5.75 Å². The van der Waals surface area contributed by atoms with Crippen LogP contribution in [0, 0.1) is 0 Å². The topological polar surface area (TPSA) is 76.9 Å². The molecule has 0 radical (unpaired) electrons. The van der Waals surface area contributed by atoms with Crippen molar-refractivity contribution >= 4 is 11.9 Å². The van der Waals surface area contributed by atoms with Crippen molar-refractivity contribution in [2.45, 2.75) is 45.4 Å². The van der Waals surface area contributed by atoms with E-state index in [9.17, 15) is 9.59 Å². The smallest absolute Gasteiger partial charge is 0.410 e. The Bertz CT molecular complexity index is 1200. The van der Waals surface area contributed by atoms with E-state index in [1.165, 1.54) is 10.6 Å². The molecule has 0 bridgehead atoms. The Hall–Kier alpha value is -3.81. The third-order valence-electron chi connectivity index (χ3n) is 5.87. The second kappa shape index (κ2) is 10.2. The summed E-state index contributed by atoms with van der Waals surface area (Å²) in [5.41, 5.74) is 1.00. The highest BCUT2D eigenvalue weighted by Crippen LogP contribution is 2.23. The van der Waals surface area contributed by atoms with E-state index in [0.29, 0.717) is 24.6 Å². The Morgan fingerprint density at radius 3 is 2.57 bits per heavy atom. The van der Waals surface area contributed by atoms with Crippen LogP contribution in [0.2, 0.25) is 0 Å². The second-order valence-electron chi connectivity index (χ2n) is 9.70. The van der Waals surface area contributed by atoms with Gasteiger partial charge < -0.3 is 19.3 Å². The number of benzene rings is 1. The molecule has 0 spiro atoms. The van der Waals surface area contributed by atoms with Crippen LogP contribution in [0.1, 0.15) is 32.8 Å². The number of ether oxygens (including phenoxy) is 2. The normalized spacial score (nSPS) is 15.7. The molecular weight excluding hydrogens is 444 g/mol. The lowest BCUT2D eigenvalue weighted by atomic mass is 10.2. The van der Waals surface area contributed by atoms with E-state index in [2.05, 4.69) is 9.88 Å². The summed E-state index contributed by atoms with van der Waals surface area (Å²) in [5, 5.41) is 0. The fraction of sp³-hybridized carbons (Fsp3) is 0.370. The summed E-state index contributed by atoms with van der Waals surface area (Å²) in [4.78, 5) is 33.4. The van der Waals surface area contributed by atoms with E-state index in [1.807, 2.05) is 63.2 Å². The van der Waals surface area contributed by atoms with Gasteiger partial charge in [-0.05, 0) is 51.0 Å². The molecule has 1 atom stereocenters. The number of carbonyl (C=O) groups excluding carboxylic acids is 1. The first-order chi connectivity index (χ1) is 16.7. The average molecular weight is 477 g/mol. The zero-order valence-electron chi connectivity index (χ0n) is 20.7. The Labute approximate surface area is 205 Å². The lowest BCUT2D eigenvalue weighted by Crippen LogP contribution is -2.42. The molecule has 0 unspecified atom stereocenters. The molecule has 0 N–H and O–H groups in total. The van der Waals surface area contributed by atoms with E-state index >= 15 is 0 Å². The van der Waals surface area contributed by atoms with Crippen molar-refractivity contribution in [1.29, 1.82) is 0 Å². The summed E-state index contributed by atoms with van der Waals surface area (Å²) in [7, 11) is 1.78. The van der Waals surface area contributed by atoms with Crippen molar-refractivity contribution in [3.8, 4) is 11.4 Å². The standard InChI is InChI=1S/C27H32N4O4/c1-27(2,3)35-26(33)29(4)22-12-14-30(18-22)24-11-10-21(17-28-24)31-15-13-23(16-25(31)32)34-19-20-8-6-5-7-9-20/h5-11,13,15-17,22H,12,14,18-19H2,1-4H3/t22-/m0/s1. The van der Waals surface area contributed by atoms with E-state index in [0.717, 1.165) is 24.3 Å². The van der Waals surface area contributed by atoms with E-state index in [4.69, 9.17) is 9.47 Å². The van der Waals surface area contributed by atoms with Gasteiger partial charge in [0, 0.05) is 32.4 Å². The minimum Gasteiger partial charge on any atom is -0.489 e. The van der Waals surface area contributed by atoms with Gasteiger partial charge in [0.15, 0.2) is 0 Å². The number of hydrogen-bond donors (Lipinski definition) is 0. The van der Waals surface area contributed by atoms with Crippen molar-refractivity contribution in [3.05, 3.63) is 82.9 Å². The number of anilines is 1. The Morgan fingerprint density at radius 1 is 1.14 bits per heavy atom. The Morgan fingerprint density at radius 2 is 1.91 bits per heavy atom. The maximum Gasteiger partial charge on any atom is 0.410 e. The highest BCUT2D eigenvalue weighted by atomic mass is 16.6. The van der Waals surface area contributed by atoms with Gasteiger partial charge in [-0.25, -0.2) is 9.78 Å². The Balaban J connectivity index is 1.37. The first-order valence-electron chi connectivity index (χ1n) is 11.8. The zero-order valence-corrected chi connectivity index (χ0v) is 20.7. The van der Waals surface area contributed by atoms with Gasteiger partial charge in [-0.3, -0.25) is 9.36 Å². The van der Waals surface area contributed by atoms with E-state index < -0.39 is 5.60 Å². The number of carbonyl (C=O) groups is 1. The minimum atomic E-state index is -0.522. The van der Waals surface area contributed by atoms with Crippen LogP contribution in [0.15, 0.2) is 71.8 Å². The molecule has 1 fully saturated rings. The predicted octanol–water partition coefficient (Wildman–Crippen LogP) is 4.26.